The Labute approximate surface area is 175 Å². The second-order valence-electron chi connectivity index (χ2n) is 6.80. The number of para-hydroxylation sites is 1. The van der Waals surface area contributed by atoms with Crippen molar-refractivity contribution in [3.63, 3.8) is 0 Å². The summed E-state index contributed by atoms with van der Waals surface area (Å²) in [4.78, 5) is 17.4. The Morgan fingerprint density at radius 2 is 1.73 bits per heavy atom. The van der Waals surface area contributed by atoms with Gasteiger partial charge < -0.3 is 14.5 Å². The van der Waals surface area contributed by atoms with Crippen LogP contribution in [0, 0.1) is 6.92 Å². The van der Waals surface area contributed by atoms with E-state index in [1.807, 2.05) is 80.6 Å². The first kappa shape index (κ1) is 19.5. The molecule has 1 aromatic heterocycles. The SMILES string of the molecule is CCOc1ccc(-c2cnc(-c3ccccc3C(=O)Nc3ccccc3C)o2)cc1. The number of rotatable bonds is 6. The normalized spacial score (nSPS) is 10.6. The van der Waals surface area contributed by atoms with E-state index in [0.29, 0.717) is 29.4 Å². The number of ether oxygens (including phenoxy) is 1. The van der Waals surface area contributed by atoms with Gasteiger partial charge in [0.15, 0.2) is 5.76 Å². The van der Waals surface area contributed by atoms with Gasteiger partial charge >= 0.3 is 0 Å². The molecule has 5 heteroatoms. The summed E-state index contributed by atoms with van der Waals surface area (Å²) < 4.78 is 11.5. The van der Waals surface area contributed by atoms with Gasteiger partial charge in [-0.1, -0.05) is 30.3 Å². The molecule has 0 radical (unpaired) electrons. The molecular weight excluding hydrogens is 376 g/mol. The molecule has 1 N–H and O–H groups in total. The number of anilines is 1. The molecule has 0 fully saturated rings. The van der Waals surface area contributed by atoms with Crippen molar-refractivity contribution < 1.29 is 13.9 Å². The van der Waals surface area contributed by atoms with Crippen molar-refractivity contribution >= 4 is 11.6 Å². The second kappa shape index (κ2) is 8.66. The number of carbonyl (C=O) groups is 1. The molecule has 5 nitrogen and oxygen atoms in total. The third kappa shape index (κ3) is 4.10. The molecule has 0 saturated carbocycles. The van der Waals surface area contributed by atoms with Crippen molar-refractivity contribution in [2.24, 2.45) is 0 Å². The maximum Gasteiger partial charge on any atom is 0.256 e. The molecule has 0 aliphatic carbocycles. The Balaban J connectivity index is 1.61. The van der Waals surface area contributed by atoms with Gasteiger partial charge in [0.2, 0.25) is 5.89 Å². The molecule has 150 valence electrons. The van der Waals surface area contributed by atoms with Gasteiger partial charge in [-0.15, -0.1) is 0 Å². The first-order valence-electron chi connectivity index (χ1n) is 9.81. The number of hydrogen-bond donors (Lipinski definition) is 1. The summed E-state index contributed by atoms with van der Waals surface area (Å²) in [6.07, 6.45) is 1.67. The highest BCUT2D eigenvalue weighted by Crippen LogP contribution is 2.29. The van der Waals surface area contributed by atoms with Crippen LogP contribution in [0.15, 0.2) is 83.4 Å². The van der Waals surface area contributed by atoms with Crippen molar-refractivity contribution in [1.29, 1.82) is 0 Å². The predicted molar refractivity (Wildman–Crippen MR) is 118 cm³/mol. The highest BCUT2D eigenvalue weighted by Gasteiger charge is 2.17. The van der Waals surface area contributed by atoms with E-state index in [0.717, 1.165) is 22.6 Å². The molecule has 4 aromatic rings. The Bertz CT molecular complexity index is 1160. The minimum atomic E-state index is -0.208. The maximum absolute atomic E-state index is 12.9. The van der Waals surface area contributed by atoms with Crippen LogP contribution < -0.4 is 10.1 Å². The van der Waals surface area contributed by atoms with Crippen LogP contribution in [0.25, 0.3) is 22.8 Å². The van der Waals surface area contributed by atoms with E-state index in [1.54, 1.807) is 12.3 Å². The predicted octanol–water partition coefficient (Wildman–Crippen LogP) is 5.97. The number of oxazole rings is 1. The zero-order chi connectivity index (χ0) is 20.9. The smallest absolute Gasteiger partial charge is 0.256 e. The van der Waals surface area contributed by atoms with E-state index in [2.05, 4.69) is 10.3 Å². The maximum atomic E-state index is 12.9. The highest BCUT2D eigenvalue weighted by molar-refractivity contribution is 6.08. The fourth-order valence-corrected chi connectivity index (χ4v) is 3.18. The monoisotopic (exact) mass is 398 g/mol. The summed E-state index contributed by atoms with van der Waals surface area (Å²) in [6, 6.07) is 22.6. The van der Waals surface area contributed by atoms with Crippen LogP contribution in [0.1, 0.15) is 22.8 Å². The molecule has 0 unspecified atom stereocenters. The number of aromatic nitrogens is 1. The largest absolute Gasteiger partial charge is 0.494 e. The van der Waals surface area contributed by atoms with Crippen LogP contribution in [-0.4, -0.2) is 17.5 Å². The lowest BCUT2D eigenvalue weighted by Crippen LogP contribution is -2.13. The number of benzene rings is 3. The van der Waals surface area contributed by atoms with Crippen LogP contribution >= 0.6 is 0 Å². The summed E-state index contributed by atoms with van der Waals surface area (Å²) in [5.41, 5.74) is 3.80. The number of nitrogens with one attached hydrogen (secondary N) is 1. The van der Waals surface area contributed by atoms with Crippen molar-refractivity contribution in [3.8, 4) is 28.5 Å². The summed E-state index contributed by atoms with van der Waals surface area (Å²) in [7, 11) is 0. The summed E-state index contributed by atoms with van der Waals surface area (Å²) in [6.45, 7) is 4.52. The molecule has 0 bridgehead atoms. The molecule has 1 heterocycles. The molecule has 0 spiro atoms. The molecule has 0 aliphatic rings. The van der Waals surface area contributed by atoms with E-state index in [9.17, 15) is 4.79 Å². The minimum Gasteiger partial charge on any atom is -0.494 e. The van der Waals surface area contributed by atoms with Gasteiger partial charge in [0.05, 0.1) is 18.4 Å². The van der Waals surface area contributed by atoms with Gasteiger partial charge in [0.25, 0.3) is 5.91 Å². The summed E-state index contributed by atoms with van der Waals surface area (Å²) in [5, 5.41) is 2.97. The number of carbonyl (C=O) groups excluding carboxylic acids is 1. The van der Waals surface area contributed by atoms with Gasteiger partial charge in [-0.25, -0.2) is 4.98 Å². The molecule has 0 saturated heterocycles. The molecular formula is C25H22N2O3. The Morgan fingerprint density at radius 3 is 2.50 bits per heavy atom. The van der Waals surface area contributed by atoms with Crippen molar-refractivity contribution in [2.75, 3.05) is 11.9 Å². The molecule has 0 aliphatic heterocycles. The number of aryl methyl sites for hydroxylation is 1. The Morgan fingerprint density at radius 1 is 1.00 bits per heavy atom. The zero-order valence-corrected chi connectivity index (χ0v) is 16.9. The lowest BCUT2D eigenvalue weighted by molar-refractivity contribution is 0.102. The van der Waals surface area contributed by atoms with E-state index in [-0.39, 0.29) is 5.91 Å². The molecule has 1 amide bonds. The average molecular weight is 398 g/mol. The average Bonchev–Trinajstić information content (AvgIpc) is 3.26. The molecule has 4 rings (SSSR count). The number of hydrogen-bond acceptors (Lipinski definition) is 4. The van der Waals surface area contributed by atoms with Gasteiger partial charge in [-0.05, 0) is 61.9 Å². The van der Waals surface area contributed by atoms with Crippen LogP contribution in [0.3, 0.4) is 0 Å². The van der Waals surface area contributed by atoms with Gasteiger partial charge in [0.1, 0.15) is 5.75 Å². The van der Waals surface area contributed by atoms with Gasteiger partial charge in [-0.3, -0.25) is 4.79 Å². The van der Waals surface area contributed by atoms with E-state index >= 15 is 0 Å². The first-order chi connectivity index (χ1) is 14.7. The molecule has 3 aromatic carbocycles. The van der Waals surface area contributed by atoms with Crippen LogP contribution in [0.5, 0.6) is 5.75 Å². The standard InChI is InChI=1S/C25H22N2O3/c1-3-29-19-14-12-18(13-15-19)23-16-26-25(30-23)21-10-6-5-9-20(21)24(28)27-22-11-7-4-8-17(22)2/h4-16H,3H2,1-2H3,(H,27,28). The fourth-order valence-electron chi connectivity index (χ4n) is 3.18. The third-order valence-electron chi connectivity index (χ3n) is 4.75. The zero-order valence-electron chi connectivity index (χ0n) is 16.9. The number of amides is 1. The first-order valence-corrected chi connectivity index (χ1v) is 9.81. The Kier molecular flexibility index (Phi) is 5.61. The lowest BCUT2D eigenvalue weighted by atomic mass is 10.1. The van der Waals surface area contributed by atoms with Crippen molar-refractivity contribution in [2.45, 2.75) is 13.8 Å². The van der Waals surface area contributed by atoms with E-state index in [4.69, 9.17) is 9.15 Å². The topological polar surface area (TPSA) is 64.4 Å². The van der Waals surface area contributed by atoms with Crippen LogP contribution in [0.4, 0.5) is 5.69 Å². The van der Waals surface area contributed by atoms with Crippen LogP contribution in [-0.2, 0) is 0 Å². The van der Waals surface area contributed by atoms with Gasteiger partial charge in [0, 0.05) is 16.8 Å². The van der Waals surface area contributed by atoms with Gasteiger partial charge in [-0.2, -0.15) is 0 Å². The lowest BCUT2D eigenvalue weighted by Gasteiger charge is -2.10. The van der Waals surface area contributed by atoms with E-state index in [1.165, 1.54) is 0 Å². The fraction of sp³-hybridized carbons (Fsp3) is 0.120. The van der Waals surface area contributed by atoms with Crippen molar-refractivity contribution in [3.05, 3.63) is 90.1 Å². The molecule has 0 atom stereocenters. The van der Waals surface area contributed by atoms with E-state index < -0.39 is 0 Å². The third-order valence-corrected chi connectivity index (χ3v) is 4.75. The summed E-state index contributed by atoms with van der Waals surface area (Å²) >= 11 is 0. The highest BCUT2D eigenvalue weighted by atomic mass is 16.5. The second-order valence-corrected chi connectivity index (χ2v) is 6.80. The minimum absolute atomic E-state index is 0.208. The van der Waals surface area contributed by atoms with Crippen LogP contribution in [0.2, 0.25) is 0 Å². The quantitative estimate of drug-likeness (QED) is 0.435. The Hall–Kier alpha value is -3.86. The van der Waals surface area contributed by atoms with Crippen molar-refractivity contribution in [1.82, 2.24) is 4.98 Å². The summed E-state index contributed by atoms with van der Waals surface area (Å²) in [5.74, 6) is 1.62. The molecule has 30 heavy (non-hydrogen) atoms. The number of nitrogens with zero attached hydrogens (tertiary/aromatic N) is 1.